The van der Waals surface area contributed by atoms with Crippen molar-refractivity contribution in [3.63, 3.8) is 0 Å². The van der Waals surface area contributed by atoms with Crippen molar-refractivity contribution < 1.29 is 9.90 Å². The summed E-state index contributed by atoms with van der Waals surface area (Å²) in [6, 6.07) is 8.02. The molecule has 0 aliphatic rings. The average Bonchev–Trinajstić information content (AvgIpc) is 2.41. The van der Waals surface area contributed by atoms with Gasteiger partial charge in [-0.05, 0) is 25.0 Å². The Morgan fingerprint density at radius 2 is 1.90 bits per heavy atom. The first-order valence-corrected chi connectivity index (χ1v) is 6.27. The summed E-state index contributed by atoms with van der Waals surface area (Å²) >= 11 is 0. The van der Waals surface area contributed by atoms with Crippen molar-refractivity contribution in [2.45, 2.75) is 20.3 Å². The molecule has 0 aliphatic heterocycles. The van der Waals surface area contributed by atoms with E-state index in [9.17, 15) is 4.79 Å². The number of nitrogens with zero attached hydrogens (tertiary/aromatic N) is 2. The van der Waals surface area contributed by atoms with Gasteiger partial charge in [0.15, 0.2) is 5.69 Å². The number of aromatic nitrogens is 2. The molecule has 0 bridgehead atoms. The van der Waals surface area contributed by atoms with Crippen LogP contribution in [0.3, 0.4) is 0 Å². The molecule has 2 rings (SSSR count). The molecular formula is C16H16N2O2. The Labute approximate surface area is 117 Å². The summed E-state index contributed by atoms with van der Waals surface area (Å²) in [5.74, 6) is -1.02. The summed E-state index contributed by atoms with van der Waals surface area (Å²) in [5.41, 5.74) is 4.61. The number of aromatic carboxylic acids is 1. The van der Waals surface area contributed by atoms with Crippen LogP contribution >= 0.6 is 0 Å². The predicted octanol–water partition coefficient (Wildman–Crippen LogP) is 3.11. The first-order chi connectivity index (χ1) is 9.49. The predicted molar refractivity (Wildman–Crippen MR) is 77.7 cm³/mol. The fourth-order valence-corrected chi connectivity index (χ4v) is 1.98. The second-order valence-corrected chi connectivity index (χ2v) is 4.75. The normalized spacial score (nSPS) is 10.3. The van der Waals surface area contributed by atoms with Crippen LogP contribution in [0.1, 0.15) is 39.8 Å². The Morgan fingerprint density at radius 3 is 2.45 bits per heavy atom. The molecule has 4 nitrogen and oxygen atoms in total. The number of benzene rings is 1. The highest BCUT2D eigenvalue weighted by Gasteiger charge is 2.13. The van der Waals surface area contributed by atoms with Crippen LogP contribution in [-0.2, 0) is 6.42 Å². The van der Waals surface area contributed by atoms with Crippen molar-refractivity contribution in [1.29, 1.82) is 0 Å². The lowest BCUT2D eigenvalue weighted by molar-refractivity contribution is 0.0689. The molecule has 1 aromatic carbocycles. The first-order valence-electron chi connectivity index (χ1n) is 6.27. The quantitative estimate of drug-likeness (QED) is 0.925. The molecule has 0 aliphatic carbocycles. The smallest absolute Gasteiger partial charge is 0.354 e. The number of carboxylic acid groups (broad SMARTS) is 1. The van der Waals surface area contributed by atoms with Crippen molar-refractivity contribution in [2.75, 3.05) is 0 Å². The monoisotopic (exact) mass is 268 g/mol. The van der Waals surface area contributed by atoms with Gasteiger partial charge < -0.3 is 5.11 Å². The van der Waals surface area contributed by atoms with Gasteiger partial charge in [0, 0.05) is 12.0 Å². The van der Waals surface area contributed by atoms with E-state index in [-0.39, 0.29) is 5.69 Å². The molecule has 102 valence electrons. The van der Waals surface area contributed by atoms with E-state index in [2.05, 4.69) is 16.5 Å². The maximum absolute atomic E-state index is 11.0. The number of rotatable bonds is 4. The van der Waals surface area contributed by atoms with E-state index in [4.69, 9.17) is 5.11 Å². The fourth-order valence-electron chi connectivity index (χ4n) is 1.98. The van der Waals surface area contributed by atoms with Gasteiger partial charge in [-0.1, -0.05) is 36.4 Å². The number of hydrogen-bond donors (Lipinski definition) is 1. The van der Waals surface area contributed by atoms with Crippen LogP contribution < -0.4 is 0 Å². The van der Waals surface area contributed by atoms with Gasteiger partial charge in [0.1, 0.15) is 6.33 Å². The standard InChI is InChI=1S/C16H16N2O2/c1-10(2)13-6-4-12(5-7-13)8-14-11(3)15(16(19)20)18-9-17-14/h4-7,9H,1,8H2,2-3H3,(H,19,20). The minimum absolute atomic E-state index is 0.0635. The zero-order valence-electron chi connectivity index (χ0n) is 11.6. The molecule has 4 heteroatoms. The average molecular weight is 268 g/mol. The lowest BCUT2D eigenvalue weighted by Gasteiger charge is -2.07. The molecular weight excluding hydrogens is 252 g/mol. The SMILES string of the molecule is C=C(C)c1ccc(Cc2ncnc(C(=O)O)c2C)cc1. The first kappa shape index (κ1) is 13.9. The van der Waals surface area contributed by atoms with E-state index < -0.39 is 5.97 Å². The number of carbonyl (C=O) groups is 1. The van der Waals surface area contributed by atoms with Gasteiger partial charge in [-0.3, -0.25) is 0 Å². The van der Waals surface area contributed by atoms with Crippen LogP contribution in [0.25, 0.3) is 5.57 Å². The Morgan fingerprint density at radius 1 is 1.25 bits per heavy atom. The van der Waals surface area contributed by atoms with Crippen molar-refractivity contribution in [3.05, 3.63) is 65.2 Å². The molecule has 0 saturated heterocycles. The summed E-state index contributed by atoms with van der Waals surface area (Å²) in [5, 5.41) is 9.05. The van der Waals surface area contributed by atoms with Crippen LogP contribution in [0, 0.1) is 6.92 Å². The van der Waals surface area contributed by atoms with Crippen LogP contribution in [0.2, 0.25) is 0 Å². The molecule has 1 aromatic heterocycles. The lowest BCUT2D eigenvalue weighted by atomic mass is 10.0. The minimum atomic E-state index is -1.02. The lowest BCUT2D eigenvalue weighted by Crippen LogP contribution is -2.08. The highest BCUT2D eigenvalue weighted by atomic mass is 16.4. The third kappa shape index (κ3) is 2.91. The van der Waals surface area contributed by atoms with Crippen LogP contribution in [0.15, 0.2) is 37.2 Å². The second kappa shape index (κ2) is 5.65. The number of hydrogen-bond acceptors (Lipinski definition) is 3. The summed E-state index contributed by atoms with van der Waals surface area (Å²) < 4.78 is 0. The Hall–Kier alpha value is -2.49. The Kier molecular flexibility index (Phi) is 3.94. The topological polar surface area (TPSA) is 63.1 Å². The Bertz CT molecular complexity index is 661. The van der Waals surface area contributed by atoms with Crippen molar-refractivity contribution in [3.8, 4) is 0 Å². The zero-order chi connectivity index (χ0) is 14.7. The van der Waals surface area contributed by atoms with Gasteiger partial charge >= 0.3 is 5.97 Å². The van der Waals surface area contributed by atoms with Gasteiger partial charge in [-0.2, -0.15) is 0 Å². The number of carboxylic acids is 1. The van der Waals surface area contributed by atoms with Gasteiger partial charge in [-0.15, -0.1) is 0 Å². The van der Waals surface area contributed by atoms with E-state index in [0.717, 1.165) is 22.4 Å². The van der Waals surface area contributed by atoms with Gasteiger partial charge in [0.05, 0.1) is 5.69 Å². The Balaban J connectivity index is 2.28. The number of allylic oxidation sites excluding steroid dienone is 1. The van der Waals surface area contributed by atoms with Gasteiger partial charge in [0.2, 0.25) is 0 Å². The summed E-state index contributed by atoms with van der Waals surface area (Å²) in [7, 11) is 0. The molecule has 2 aromatic rings. The van der Waals surface area contributed by atoms with Crippen LogP contribution in [0.5, 0.6) is 0 Å². The summed E-state index contributed by atoms with van der Waals surface area (Å²) in [6.07, 6.45) is 1.89. The molecule has 0 fully saturated rings. The maximum Gasteiger partial charge on any atom is 0.354 e. The molecule has 1 N–H and O–H groups in total. The summed E-state index contributed by atoms with van der Waals surface area (Å²) in [6.45, 7) is 7.60. The fraction of sp³-hybridized carbons (Fsp3) is 0.188. The van der Waals surface area contributed by atoms with E-state index in [1.807, 2.05) is 31.2 Å². The molecule has 20 heavy (non-hydrogen) atoms. The third-order valence-electron chi connectivity index (χ3n) is 3.21. The van der Waals surface area contributed by atoms with Crippen molar-refractivity contribution in [1.82, 2.24) is 9.97 Å². The maximum atomic E-state index is 11.0. The van der Waals surface area contributed by atoms with E-state index in [0.29, 0.717) is 12.0 Å². The molecule has 0 radical (unpaired) electrons. The zero-order valence-corrected chi connectivity index (χ0v) is 11.6. The van der Waals surface area contributed by atoms with Crippen molar-refractivity contribution >= 4 is 11.5 Å². The van der Waals surface area contributed by atoms with Crippen LogP contribution in [-0.4, -0.2) is 21.0 Å². The molecule has 0 atom stereocenters. The minimum Gasteiger partial charge on any atom is -0.477 e. The molecule has 0 spiro atoms. The molecule has 1 heterocycles. The molecule has 0 saturated carbocycles. The van der Waals surface area contributed by atoms with E-state index in [1.54, 1.807) is 6.92 Å². The third-order valence-corrected chi connectivity index (χ3v) is 3.21. The largest absolute Gasteiger partial charge is 0.477 e. The van der Waals surface area contributed by atoms with Crippen LogP contribution in [0.4, 0.5) is 0 Å². The highest BCUT2D eigenvalue weighted by Crippen LogP contribution is 2.17. The van der Waals surface area contributed by atoms with E-state index >= 15 is 0 Å². The van der Waals surface area contributed by atoms with E-state index in [1.165, 1.54) is 6.33 Å². The van der Waals surface area contributed by atoms with Gasteiger partial charge in [0.25, 0.3) is 0 Å². The highest BCUT2D eigenvalue weighted by molar-refractivity contribution is 5.87. The molecule has 0 amide bonds. The molecule has 0 unspecified atom stereocenters. The van der Waals surface area contributed by atoms with Crippen molar-refractivity contribution in [2.24, 2.45) is 0 Å². The second-order valence-electron chi connectivity index (χ2n) is 4.75. The summed E-state index contributed by atoms with van der Waals surface area (Å²) in [4.78, 5) is 19.0. The van der Waals surface area contributed by atoms with Gasteiger partial charge in [-0.25, -0.2) is 14.8 Å².